The smallest absolute Gasteiger partial charge is 0.261 e. The Morgan fingerprint density at radius 3 is 1.72 bits per heavy atom. The first kappa shape index (κ1) is 24.4. The third kappa shape index (κ3) is 6.54. The lowest BCUT2D eigenvalue weighted by Crippen LogP contribution is -2.66. The molecule has 2 aromatic rings. The van der Waals surface area contributed by atoms with E-state index < -0.39 is 8.32 Å². The van der Waals surface area contributed by atoms with Crippen molar-refractivity contribution in [3.8, 4) is 0 Å². The van der Waals surface area contributed by atoms with E-state index in [4.69, 9.17) is 4.43 Å². The lowest BCUT2D eigenvalue weighted by molar-refractivity contribution is 0.261. The van der Waals surface area contributed by atoms with Gasteiger partial charge in [-0.05, 0) is 40.1 Å². The van der Waals surface area contributed by atoms with E-state index in [-0.39, 0.29) is 5.04 Å². The Morgan fingerprint density at radius 2 is 1.28 bits per heavy atom. The van der Waals surface area contributed by atoms with Crippen LogP contribution in [0.3, 0.4) is 0 Å². The summed E-state index contributed by atoms with van der Waals surface area (Å²) in [6.07, 6.45) is 5.05. The minimum Gasteiger partial charge on any atom is -0.407 e. The SMILES string of the molecule is C[C@H](CCC[C@H](C)CBr)CCO[Si](c1ccccc1)(c1ccccc1)C(C)(C)C. The molecule has 0 spiro atoms. The molecule has 1 nitrogen and oxygen atoms in total. The van der Waals surface area contributed by atoms with Gasteiger partial charge < -0.3 is 4.43 Å². The third-order valence-electron chi connectivity index (χ3n) is 6.00. The standard InChI is InChI=1S/C26H39BrOSi/c1-22(13-12-14-23(2)21-27)19-20-28-29(26(3,4)5,24-15-8-6-9-16-24)25-17-10-7-11-18-25/h6-11,15-18,22-23H,12-14,19-21H2,1-5H3/t22-,23+/m1/s1. The zero-order valence-corrected chi connectivity index (χ0v) is 21.5. The molecule has 0 aliphatic carbocycles. The summed E-state index contributed by atoms with van der Waals surface area (Å²) in [6.45, 7) is 12.6. The maximum Gasteiger partial charge on any atom is 0.261 e. The van der Waals surface area contributed by atoms with E-state index in [0.717, 1.165) is 24.3 Å². The quantitative estimate of drug-likeness (QED) is 0.257. The van der Waals surface area contributed by atoms with Gasteiger partial charge in [-0.3, -0.25) is 0 Å². The average molecular weight is 476 g/mol. The van der Waals surface area contributed by atoms with Gasteiger partial charge in [-0.25, -0.2) is 0 Å². The predicted octanol–water partition coefficient (Wildman–Crippen LogP) is 6.79. The zero-order valence-electron chi connectivity index (χ0n) is 19.0. The van der Waals surface area contributed by atoms with Gasteiger partial charge in [-0.2, -0.15) is 0 Å². The monoisotopic (exact) mass is 474 g/mol. The molecule has 2 atom stereocenters. The topological polar surface area (TPSA) is 9.23 Å². The summed E-state index contributed by atoms with van der Waals surface area (Å²) >= 11 is 3.59. The highest BCUT2D eigenvalue weighted by Crippen LogP contribution is 2.37. The first-order chi connectivity index (χ1) is 13.8. The van der Waals surface area contributed by atoms with Gasteiger partial charge >= 0.3 is 0 Å². The van der Waals surface area contributed by atoms with Gasteiger partial charge in [0.15, 0.2) is 0 Å². The molecule has 0 aliphatic rings. The molecule has 2 aromatic carbocycles. The Balaban J connectivity index is 2.17. The highest BCUT2D eigenvalue weighted by molar-refractivity contribution is 9.09. The fraction of sp³-hybridized carbons (Fsp3) is 0.538. The number of rotatable bonds is 11. The molecule has 0 fully saturated rings. The molecule has 0 saturated carbocycles. The molecule has 0 unspecified atom stereocenters. The number of hydrogen-bond donors (Lipinski definition) is 0. The molecule has 0 bridgehead atoms. The van der Waals surface area contributed by atoms with Crippen molar-refractivity contribution in [2.24, 2.45) is 11.8 Å². The largest absolute Gasteiger partial charge is 0.407 e. The fourth-order valence-electron chi connectivity index (χ4n) is 4.21. The van der Waals surface area contributed by atoms with Crippen molar-refractivity contribution in [1.82, 2.24) is 0 Å². The van der Waals surface area contributed by atoms with Crippen LogP contribution in [0.2, 0.25) is 5.04 Å². The summed E-state index contributed by atoms with van der Waals surface area (Å²) < 4.78 is 7.02. The van der Waals surface area contributed by atoms with Crippen LogP contribution in [0.25, 0.3) is 0 Å². The number of benzene rings is 2. The molecule has 3 heteroatoms. The van der Waals surface area contributed by atoms with Gasteiger partial charge in [0, 0.05) is 11.9 Å². The second-order valence-electron chi connectivity index (χ2n) is 9.60. The first-order valence-corrected chi connectivity index (χ1v) is 14.1. The highest BCUT2D eigenvalue weighted by Gasteiger charge is 2.49. The van der Waals surface area contributed by atoms with Gasteiger partial charge in [0.1, 0.15) is 0 Å². The van der Waals surface area contributed by atoms with Gasteiger partial charge in [-0.1, -0.05) is 124 Å². The first-order valence-electron chi connectivity index (χ1n) is 11.1. The van der Waals surface area contributed by atoms with Crippen LogP contribution in [0.5, 0.6) is 0 Å². The van der Waals surface area contributed by atoms with Crippen LogP contribution >= 0.6 is 15.9 Å². The Labute approximate surface area is 188 Å². The van der Waals surface area contributed by atoms with E-state index in [0.29, 0.717) is 5.92 Å². The number of halogens is 1. The van der Waals surface area contributed by atoms with Crippen LogP contribution in [0, 0.1) is 11.8 Å². The molecule has 0 aromatic heterocycles. The second-order valence-corrected chi connectivity index (χ2v) is 14.5. The summed E-state index contributed by atoms with van der Waals surface area (Å²) in [7, 11) is -2.38. The minimum atomic E-state index is -2.38. The predicted molar refractivity (Wildman–Crippen MR) is 134 cm³/mol. The van der Waals surface area contributed by atoms with Crippen molar-refractivity contribution in [2.75, 3.05) is 11.9 Å². The van der Waals surface area contributed by atoms with Crippen LogP contribution in [0.1, 0.15) is 60.3 Å². The van der Waals surface area contributed by atoms with Gasteiger partial charge in [-0.15, -0.1) is 0 Å². The van der Waals surface area contributed by atoms with Gasteiger partial charge in [0.2, 0.25) is 0 Å². The highest BCUT2D eigenvalue weighted by atomic mass is 79.9. The number of alkyl halides is 1. The normalized spacial score (nSPS) is 14.6. The molecule has 0 aliphatic heterocycles. The van der Waals surface area contributed by atoms with E-state index in [1.807, 2.05) is 0 Å². The molecule has 0 radical (unpaired) electrons. The maximum atomic E-state index is 7.02. The summed E-state index contributed by atoms with van der Waals surface area (Å²) in [6, 6.07) is 21.9. The molecular weight excluding hydrogens is 436 g/mol. The molecule has 0 heterocycles. The lowest BCUT2D eigenvalue weighted by atomic mass is 9.98. The molecule has 2 rings (SSSR count). The van der Waals surface area contributed by atoms with Crippen LogP contribution in [0.15, 0.2) is 60.7 Å². The van der Waals surface area contributed by atoms with Gasteiger partial charge in [0.25, 0.3) is 8.32 Å². The molecule has 0 N–H and O–H groups in total. The Hall–Kier alpha value is -0.903. The zero-order chi connectivity index (χ0) is 21.3. The van der Waals surface area contributed by atoms with E-state index >= 15 is 0 Å². The van der Waals surface area contributed by atoms with Gasteiger partial charge in [0.05, 0.1) is 0 Å². The van der Waals surface area contributed by atoms with Crippen molar-refractivity contribution in [1.29, 1.82) is 0 Å². The maximum absolute atomic E-state index is 7.02. The van der Waals surface area contributed by atoms with Crippen molar-refractivity contribution in [3.63, 3.8) is 0 Å². The molecule has 160 valence electrons. The minimum absolute atomic E-state index is 0.0598. The Kier molecular flexibility index (Phi) is 9.64. The summed E-state index contributed by atoms with van der Waals surface area (Å²) in [5.41, 5.74) is 0. The van der Waals surface area contributed by atoms with E-state index in [2.05, 4.69) is 111 Å². The molecule has 29 heavy (non-hydrogen) atoms. The van der Waals surface area contributed by atoms with E-state index in [1.165, 1.54) is 29.6 Å². The van der Waals surface area contributed by atoms with Crippen LogP contribution in [-0.4, -0.2) is 20.3 Å². The summed E-state index contributed by atoms with van der Waals surface area (Å²) in [5, 5.41) is 3.91. The summed E-state index contributed by atoms with van der Waals surface area (Å²) in [5.74, 6) is 1.48. The Morgan fingerprint density at radius 1 is 0.793 bits per heavy atom. The third-order valence-corrected chi connectivity index (χ3v) is 12.2. The summed E-state index contributed by atoms with van der Waals surface area (Å²) in [4.78, 5) is 0. The molecule has 0 amide bonds. The van der Waals surface area contributed by atoms with E-state index in [1.54, 1.807) is 0 Å². The van der Waals surface area contributed by atoms with Crippen LogP contribution in [0.4, 0.5) is 0 Å². The van der Waals surface area contributed by atoms with Crippen LogP contribution in [-0.2, 0) is 4.43 Å². The number of hydrogen-bond acceptors (Lipinski definition) is 1. The van der Waals surface area contributed by atoms with Crippen molar-refractivity contribution in [2.45, 2.75) is 65.3 Å². The fourth-order valence-corrected chi connectivity index (χ4v) is 9.11. The molecular formula is C26H39BrOSi. The van der Waals surface area contributed by atoms with Crippen molar-refractivity contribution < 1.29 is 4.43 Å². The van der Waals surface area contributed by atoms with Crippen LogP contribution < -0.4 is 10.4 Å². The lowest BCUT2D eigenvalue weighted by Gasteiger charge is -2.43. The Bertz CT molecular complexity index is 656. The second kappa shape index (κ2) is 11.5. The van der Waals surface area contributed by atoms with Crippen molar-refractivity contribution in [3.05, 3.63) is 60.7 Å². The van der Waals surface area contributed by atoms with E-state index in [9.17, 15) is 0 Å². The average Bonchev–Trinajstić information content (AvgIpc) is 2.71. The molecule has 0 saturated heterocycles. The van der Waals surface area contributed by atoms with Crippen molar-refractivity contribution >= 4 is 34.6 Å².